The van der Waals surface area contributed by atoms with Gasteiger partial charge in [0.15, 0.2) is 5.82 Å². The van der Waals surface area contributed by atoms with Gasteiger partial charge in [-0.1, -0.05) is 0 Å². The van der Waals surface area contributed by atoms with E-state index >= 15 is 0 Å². The summed E-state index contributed by atoms with van der Waals surface area (Å²) in [6.45, 7) is 1.83. The Labute approximate surface area is 162 Å². The monoisotopic (exact) mass is 379 g/mol. The molecule has 0 bridgehead atoms. The average molecular weight is 379 g/mol. The number of rotatable bonds is 6. The summed E-state index contributed by atoms with van der Waals surface area (Å²) in [4.78, 5) is 21.2. The summed E-state index contributed by atoms with van der Waals surface area (Å²) < 4.78 is 10.7. The molecule has 0 saturated heterocycles. The first kappa shape index (κ1) is 18.0. The Morgan fingerprint density at radius 3 is 2.79 bits per heavy atom. The maximum atomic E-state index is 12.7. The lowest BCUT2D eigenvalue weighted by Gasteiger charge is -2.10. The average Bonchev–Trinajstić information content (AvgIpc) is 3.41. The van der Waals surface area contributed by atoms with Crippen LogP contribution < -0.4 is 14.8 Å². The summed E-state index contributed by atoms with van der Waals surface area (Å²) in [6.07, 6.45) is 2.39. The van der Waals surface area contributed by atoms with Gasteiger partial charge in [0.1, 0.15) is 23.1 Å². The molecule has 1 fully saturated rings. The molecular formula is C20H21N5O3. The van der Waals surface area contributed by atoms with E-state index in [0.717, 1.165) is 34.9 Å². The zero-order chi connectivity index (χ0) is 19.7. The van der Waals surface area contributed by atoms with E-state index in [-0.39, 0.29) is 17.7 Å². The molecular weight excluding hydrogens is 358 g/mol. The number of carbonyl (C=O) groups excluding carboxylic acids is 1. The number of hydrogen-bond acceptors (Lipinski definition) is 6. The Hall–Kier alpha value is -3.42. The minimum absolute atomic E-state index is 0.0642. The molecule has 1 aliphatic rings. The number of amides is 1. The molecule has 1 saturated carbocycles. The molecule has 144 valence electrons. The second-order valence-electron chi connectivity index (χ2n) is 6.72. The van der Waals surface area contributed by atoms with E-state index in [1.807, 2.05) is 25.1 Å². The molecule has 2 N–H and O–H groups in total. The third kappa shape index (κ3) is 3.53. The maximum Gasteiger partial charge on any atom is 0.229 e. The Balaban J connectivity index is 1.48. The Morgan fingerprint density at radius 2 is 2.07 bits per heavy atom. The van der Waals surface area contributed by atoms with E-state index in [2.05, 4.69) is 25.5 Å². The molecule has 0 radical (unpaired) electrons. The number of hydrogen-bond donors (Lipinski definition) is 2. The molecule has 8 nitrogen and oxygen atoms in total. The topological polar surface area (TPSA) is 102 Å². The summed E-state index contributed by atoms with van der Waals surface area (Å²) in [5, 5.41) is 9.85. The number of ether oxygens (including phenoxy) is 2. The van der Waals surface area contributed by atoms with Crippen LogP contribution in [0.15, 0.2) is 36.5 Å². The molecule has 1 aliphatic carbocycles. The van der Waals surface area contributed by atoms with Crippen LogP contribution in [0.4, 0.5) is 5.82 Å². The predicted octanol–water partition coefficient (Wildman–Crippen LogP) is 2.93. The van der Waals surface area contributed by atoms with Crippen molar-refractivity contribution in [2.75, 3.05) is 19.5 Å². The van der Waals surface area contributed by atoms with Crippen molar-refractivity contribution >= 4 is 11.7 Å². The lowest BCUT2D eigenvalue weighted by molar-refractivity contribution is -0.117. The highest BCUT2D eigenvalue weighted by molar-refractivity contribution is 5.95. The molecule has 2 unspecified atom stereocenters. The van der Waals surface area contributed by atoms with Gasteiger partial charge in [-0.25, -0.2) is 9.97 Å². The summed E-state index contributed by atoms with van der Waals surface area (Å²) in [5.74, 6) is 3.20. The molecule has 2 aromatic heterocycles. The van der Waals surface area contributed by atoms with Gasteiger partial charge in [0.25, 0.3) is 0 Å². The van der Waals surface area contributed by atoms with Gasteiger partial charge >= 0.3 is 0 Å². The molecule has 4 rings (SSSR count). The van der Waals surface area contributed by atoms with Crippen LogP contribution in [0.3, 0.4) is 0 Å². The van der Waals surface area contributed by atoms with Gasteiger partial charge in [0.05, 0.1) is 14.2 Å². The number of aryl methyl sites for hydroxylation is 1. The zero-order valence-electron chi connectivity index (χ0n) is 15.9. The third-order valence-corrected chi connectivity index (χ3v) is 4.83. The van der Waals surface area contributed by atoms with E-state index in [9.17, 15) is 4.79 Å². The largest absolute Gasteiger partial charge is 0.497 e. The van der Waals surface area contributed by atoms with Crippen molar-refractivity contribution in [2.45, 2.75) is 19.3 Å². The standard InChI is InChI=1S/C20H21N5O3/c1-11-22-19(25-24-11)12-6-7-21-18(8-12)23-20(26)16-10-14(16)15-9-13(27-2)4-5-17(15)28-3/h4-9,14,16H,10H2,1-3H3,(H,21,23,26)(H,22,24,25). The molecule has 0 spiro atoms. The van der Waals surface area contributed by atoms with Gasteiger partial charge in [-0.3, -0.25) is 9.89 Å². The fourth-order valence-electron chi connectivity index (χ4n) is 3.29. The number of H-pyrrole nitrogens is 1. The lowest BCUT2D eigenvalue weighted by Crippen LogP contribution is -2.15. The van der Waals surface area contributed by atoms with Gasteiger partial charge in [0.2, 0.25) is 5.91 Å². The fourth-order valence-corrected chi connectivity index (χ4v) is 3.29. The Morgan fingerprint density at radius 1 is 1.21 bits per heavy atom. The number of anilines is 1. The van der Waals surface area contributed by atoms with Crippen molar-refractivity contribution in [1.82, 2.24) is 20.2 Å². The van der Waals surface area contributed by atoms with E-state index in [4.69, 9.17) is 9.47 Å². The Bertz CT molecular complexity index is 1020. The van der Waals surface area contributed by atoms with Crippen molar-refractivity contribution < 1.29 is 14.3 Å². The fraction of sp³-hybridized carbons (Fsp3) is 0.300. The number of benzene rings is 1. The van der Waals surface area contributed by atoms with Gasteiger partial charge in [0, 0.05) is 29.2 Å². The van der Waals surface area contributed by atoms with Gasteiger partial charge in [-0.15, -0.1) is 0 Å². The quantitative estimate of drug-likeness (QED) is 0.683. The van der Waals surface area contributed by atoms with Gasteiger partial charge in [-0.2, -0.15) is 5.10 Å². The molecule has 28 heavy (non-hydrogen) atoms. The van der Waals surface area contributed by atoms with Crippen LogP contribution in [0.25, 0.3) is 11.4 Å². The second-order valence-corrected chi connectivity index (χ2v) is 6.72. The number of aromatic amines is 1. The molecule has 1 aromatic carbocycles. The van der Waals surface area contributed by atoms with Crippen LogP contribution in [0.2, 0.25) is 0 Å². The van der Waals surface area contributed by atoms with Crippen molar-refractivity contribution in [3.8, 4) is 22.9 Å². The van der Waals surface area contributed by atoms with E-state index < -0.39 is 0 Å². The van der Waals surface area contributed by atoms with Crippen molar-refractivity contribution in [3.05, 3.63) is 47.9 Å². The predicted molar refractivity (Wildman–Crippen MR) is 103 cm³/mol. The Kier molecular flexibility index (Phi) is 4.68. The smallest absolute Gasteiger partial charge is 0.229 e. The van der Waals surface area contributed by atoms with Gasteiger partial charge < -0.3 is 14.8 Å². The number of pyridine rings is 1. The highest BCUT2D eigenvalue weighted by Gasteiger charge is 2.45. The van der Waals surface area contributed by atoms with E-state index in [1.165, 1.54) is 0 Å². The van der Waals surface area contributed by atoms with Crippen LogP contribution in [0.1, 0.15) is 23.7 Å². The van der Waals surface area contributed by atoms with Crippen LogP contribution in [0.5, 0.6) is 11.5 Å². The minimum atomic E-state index is -0.128. The molecule has 1 amide bonds. The van der Waals surface area contributed by atoms with Crippen molar-refractivity contribution in [3.63, 3.8) is 0 Å². The van der Waals surface area contributed by atoms with Crippen LogP contribution in [-0.2, 0) is 4.79 Å². The molecule has 2 atom stereocenters. The summed E-state index contributed by atoms with van der Waals surface area (Å²) in [5.41, 5.74) is 1.77. The van der Waals surface area contributed by atoms with Gasteiger partial charge in [-0.05, 0) is 43.7 Å². The SMILES string of the molecule is COc1ccc(OC)c(C2CC2C(=O)Nc2cc(-c3n[nH]c(C)n3)ccn2)c1. The zero-order valence-corrected chi connectivity index (χ0v) is 15.9. The lowest BCUT2D eigenvalue weighted by atomic mass is 10.1. The van der Waals surface area contributed by atoms with Crippen molar-refractivity contribution in [2.24, 2.45) is 5.92 Å². The molecule has 8 heteroatoms. The summed E-state index contributed by atoms with van der Waals surface area (Å²) in [6, 6.07) is 9.22. The number of nitrogens with zero attached hydrogens (tertiary/aromatic N) is 3. The normalized spacial score (nSPS) is 17.8. The second kappa shape index (κ2) is 7.30. The molecule has 2 heterocycles. The highest BCUT2D eigenvalue weighted by Crippen LogP contribution is 2.51. The number of methoxy groups -OCH3 is 2. The van der Waals surface area contributed by atoms with Crippen LogP contribution in [0, 0.1) is 12.8 Å². The van der Waals surface area contributed by atoms with Crippen molar-refractivity contribution in [1.29, 1.82) is 0 Å². The van der Waals surface area contributed by atoms with Crippen LogP contribution >= 0.6 is 0 Å². The molecule has 3 aromatic rings. The first-order valence-electron chi connectivity index (χ1n) is 8.97. The number of carbonyl (C=O) groups is 1. The summed E-state index contributed by atoms with van der Waals surface area (Å²) in [7, 11) is 3.25. The third-order valence-electron chi connectivity index (χ3n) is 4.83. The summed E-state index contributed by atoms with van der Waals surface area (Å²) >= 11 is 0. The molecule has 0 aliphatic heterocycles. The van der Waals surface area contributed by atoms with E-state index in [1.54, 1.807) is 32.5 Å². The van der Waals surface area contributed by atoms with Crippen LogP contribution in [-0.4, -0.2) is 40.3 Å². The number of nitrogens with one attached hydrogen (secondary N) is 2. The number of aromatic nitrogens is 4. The maximum absolute atomic E-state index is 12.7. The van der Waals surface area contributed by atoms with E-state index in [0.29, 0.717) is 11.6 Å². The minimum Gasteiger partial charge on any atom is -0.497 e. The first-order valence-corrected chi connectivity index (χ1v) is 8.97. The first-order chi connectivity index (χ1) is 13.6. The highest BCUT2D eigenvalue weighted by atomic mass is 16.5.